The number of aliphatic hydroxyl groups is 2. The third-order valence-corrected chi connectivity index (χ3v) is 8.40. The SMILES string of the molecule is CC(=O)[C@@H]1CC[C@@H]2[C@@H]3C[C@H](O)C4=CC(=O)CC[C@]4(C)[C@H]3[C@H](O)C[C@@]21C. The molecule has 0 aromatic heterocycles. The van der Waals surface area contributed by atoms with E-state index >= 15 is 0 Å². The van der Waals surface area contributed by atoms with Crippen LogP contribution in [0.3, 0.4) is 0 Å². The lowest BCUT2D eigenvalue weighted by Crippen LogP contribution is -2.59. The van der Waals surface area contributed by atoms with Crippen LogP contribution in [0.25, 0.3) is 0 Å². The average Bonchev–Trinajstić information content (AvgIpc) is 2.85. The Labute approximate surface area is 149 Å². The van der Waals surface area contributed by atoms with Crippen LogP contribution in [0.5, 0.6) is 0 Å². The summed E-state index contributed by atoms with van der Waals surface area (Å²) in [6, 6.07) is 0. The number of carbonyl (C=O) groups is 2. The third-order valence-electron chi connectivity index (χ3n) is 8.40. The maximum atomic E-state index is 12.2. The first-order chi connectivity index (χ1) is 11.7. The van der Waals surface area contributed by atoms with Gasteiger partial charge in [0.1, 0.15) is 5.78 Å². The van der Waals surface area contributed by atoms with Crippen molar-refractivity contribution in [3.63, 3.8) is 0 Å². The van der Waals surface area contributed by atoms with Gasteiger partial charge in [-0.2, -0.15) is 0 Å². The zero-order valence-electron chi connectivity index (χ0n) is 15.5. The quantitative estimate of drug-likeness (QED) is 0.765. The fraction of sp³-hybridized carbons (Fsp3) is 0.810. The van der Waals surface area contributed by atoms with Crippen molar-refractivity contribution in [2.45, 2.75) is 71.5 Å². The molecule has 4 heteroatoms. The summed E-state index contributed by atoms with van der Waals surface area (Å²) >= 11 is 0. The Morgan fingerprint density at radius 3 is 2.64 bits per heavy atom. The van der Waals surface area contributed by atoms with Gasteiger partial charge >= 0.3 is 0 Å². The van der Waals surface area contributed by atoms with Crippen LogP contribution in [-0.2, 0) is 9.59 Å². The molecule has 0 amide bonds. The van der Waals surface area contributed by atoms with Gasteiger partial charge in [0.2, 0.25) is 0 Å². The van der Waals surface area contributed by atoms with Crippen LogP contribution < -0.4 is 0 Å². The highest BCUT2D eigenvalue weighted by atomic mass is 16.3. The Kier molecular flexibility index (Phi) is 3.83. The van der Waals surface area contributed by atoms with E-state index in [0.29, 0.717) is 31.6 Å². The van der Waals surface area contributed by atoms with Crippen LogP contribution in [0.15, 0.2) is 11.6 Å². The van der Waals surface area contributed by atoms with Crippen LogP contribution in [0.4, 0.5) is 0 Å². The Bertz CT molecular complexity index is 652. The largest absolute Gasteiger partial charge is 0.393 e. The van der Waals surface area contributed by atoms with Crippen LogP contribution in [-0.4, -0.2) is 34.0 Å². The van der Waals surface area contributed by atoms with E-state index in [9.17, 15) is 19.8 Å². The van der Waals surface area contributed by atoms with Gasteiger partial charge in [-0.25, -0.2) is 0 Å². The van der Waals surface area contributed by atoms with Crippen molar-refractivity contribution < 1.29 is 19.8 Å². The Morgan fingerprint density at radius 2 is 1.96 bits per heavy atom. The number of ketones is 2. The molecule has 0 aromatic rings. The molecule has 0 aromatic carbocycles. The van der Waals surface area contributed by atoms with E-state index in [1.54, 1.807) is 13.0 Å². The molecule has 8 atom stereocenters. The first kappa shape index (κ1) is 17.4. The van der Waals surface area contributed by atoms with E-state index in [1.165, 1.54) is 0 Å². The number of rotatable bonds is 1. The van der Waals surface area contributed by atoms with Gasteiger partial charge < -0.3 is 10.2 Å². The van der Waals surface area contributed by atoms with E-state index in [4.69, 9.17) is 0 Å². The molecular weight excluding hydrogens is 316 g/mol. The van der Waals surface area contributed by atoms with Gasteiger partial charge in [0.05, 0.1) is 12.2 Å². The van der Waals surface area contributed by atoms with E-state index < -0.39 is 12.2 Å². The van der Waals surface area contributed by atoms with Crippen molar-refractivity contribution in [1.82, 2.24) is 0 Å². The highest BCUT2D eigenvalue weighted by Gasteiger charge is 2.63. The fourth-order valence-electron chi connectivity index (χ4n) is 7.41. The standard InChI is InChI=1S/C21H30O4/c1-11(22)14-4-5-15-13-9-17(24)16-8-12(23)6-7-20(16,2)19(13)18(25)10-21(14,15)3/h8,13-15,17-19,24-25H,4-7,9-10H2,1-3H3/t13-,14-,15+,17-,18+,19+,20-,21+/m0/s1. The second-order valence-corrected chi connectivity index (χ2v) is 9.55. The minimum absolute atomic E-state index is 0.0305. The van der Waals surface area contributed by atoms with Gasteiger partial charge in [-0.1, -0.05) is 13.8 Å². The van der Waals surface area contributed by atoms with Crippen molar-refractivity contribution in [1.29, 1.82) is 0 Å². The second-order valence-electron chi connectivity index (χ2n) is 9.55. The van der Waals surface area contributed by atoms with E-state index in [-0.39, 0.29) is 40.2 Å². The van der Waals surface area contributed by atoms with Crippen molar-refractivity contribution in [3.8, 4) is 0 Å². The van der Waals surface area contributed by atoms with Crippen LogP contribution in [0.2, 0.25) is 0 Å². The van der Waals surface area contributed by atoms with Gasteiger partial charge in [0.15, 0.2) is 5.78 Å². The molecular formula is C21H30O4. The Balaban J connectivity index is 1.76. The average molecular weight is 346 g/mol. The number of aliphatic hydroxyl groups excluding tert-OH is 2. The zero-order valence-corrected chi connectivity index (χ0v) is 15.5. The molecule has 3 fully saturated rings. The molecule has 4 aliphatic carbocycles. The van der Waals surface area contributed by atoms with Crippen molar-refractivity contribution in [2.24, 2.45) is 34.5 Å². The van der Waals surface area contributed by atoms with Crippen LogP contribution in [0, 0.1) is 34.5 Å². The lowest BCUT2D eigenvalue weighted by molar-refractivity contribution is -0.152. The maximum absolute atomic E-state index is 12.2. The molecule has 4 nitrogen and oxygen atoms in total. The number of fused-ring (bicyclic) bond motifs is 5. The van der Waals surface area contributed by atoms with E-state index in [0.717, 1.165) is 18.4 Å². The molecule has 0 bridgehead atoms. The normalized spacial score (nSPS) is 52.0. The number of hydrogen-bond donors (Lipinski definition) is 2. The number of Topliss-reactive ketones (excluding diaryl/α,β-unsaturated/α-hetero) is 1. The van der Waals surface area contributed by atoms with Gasteiger partial charge in [-0.15, -0.1) is 0 Å². The van der Waals surface area contributed by atoms with E-state index in [1.807, 2.05) is 0 Å². The summed E-state index contributed by atoms with van der Waals surface area (Å²) in [5, 5.41) is 22.0. The lowest BCUT2D eigenvalue weighted by atomic mass is 9.45. The predicted molar refractivity (Wildman–Crippen MR) is 93.7 cm³/mol. The zero-order chi connectivity index (χ0) is 18.1. The number of hydrogen-bond acceptors (Lipinski definition) is 4. The minimum Gasteiger partial charge on any atom is -0.393 e. The lowest BCUT2D eigenvalue weighted by Gasteiger charge is -2.60. The molecule has 4 rings (SSSR count). The molecule has 0 spiro atoms. The van der Waals surface area contributed by atoms with Gasteiger partial charge in [-0.05, 0) is 79.3 Å². The predicted octanol–water partition coefficient (Wildman–Crippen LogP) is 2.67. The summed E-state index contributed by atoms with van der Waals surface area (Å²) in [6.45, 7) is 6.00. The van der Waals surface area contributed by atoms with Crippen LogP contribution >= 0.6 is 0 Å². The molecule has 0 aliphatic heterocycles. The summed E-state index contributed by atoms with van der Waals surface area (Å²) in [4.78, 5) is 24.1. The molecule has 4 aliphatic rings. The maximum Gasteiger partial charge on any atom is 0.155 e. The summed E-state index contributed by atoms with van der Waals surface area (Å²) in [5.41, 5.74) is 0.383. The molecule has 0 unspecified atom stereocenters. The first-order valence-corrected chi connectivity index (χ1v) is 9.80. The topological polar surface area (TPSA) is 74.6 Å². The molecule has 25 heavy (non-hydrogen) atoms. The third kappa shape index (κ3) is 2.26. The molecule has 0 saturated heterocycles. The first-order valence-electron chi connectivity index (χ1n) is 9.80. The van der Waals surface area contributed by atoms with Crippen LogP contribution in [0.1, 0.15) is 59.3 Å². The molecule has 3 saturated carbocycles. The minimum atomic E-state index is -0.596. The monoisotopic (exact) mass is 346 g/mol. The highest BCUT2D eigenvalue weighted by molar-refractivity contribution is 5.92. The Hall–Kier alpha value is -1.00. The highest BCUT2D eigenvalue weighted by Crippen LogP contribution is 2.66. The molecule has 2 N–H and O–H groups in total. The van der Waals surface area contributed by atoms with Crippen molar-refractivity contribution >= 4 is 11.6 Å². The summed E-state index contributed by atoms with van der Waals surface area (Å²) < 4.78 is 0. The van der Waals surface area contributed by atoms with E-state index in [2.05, 4.69) is 13.8 Å². The number of carbonyl (C=O) groups excluding carboxylic acids is 2. The summed E-state index contributed by atoms with van der Waals surface area (Å²) in [5.74, 6) is 1.05. The van der Waals surface area contributed by atoms with Crippen molar-refractivity contribution in [3.05, 3.63) is 11.6 Å². The van der Waals surface area contributed by atoms with Gasteiger partial charge in [-0.3, -0.25) is 9.59 Å². The molecule has 138 valence electrons. The molecule has 0 heterocycles. The smallest absolute Gasteiger partial charge is 0.155 e. The molecule has 0 radical (unpaired) electrons. The van der Waals surface area contributed by atoms with Gasteiger partial charge in [0.25, 0.3) is 0 Å². The second kappa shape index (κ2) is 5.50. The van der Waals surface area contributed by atoms with Crippen molar-refractivity contribution in [2.75, 3.05) is 0 Å². The fourth-order valence-corrected chi connectivity index (χ4v) is 7.41. The van der Waals surface area contributed by atoms with Gasteiger partial charge in [0, 0.05) is 12.3 Å². The summed E-state index contributed by atoms with van der Waals surface area (Å²) in [7, 11) is 0. The Morgan fingerprint density at radius 1 is 1.24 bits per heavy atom. The summed E-state index contributed by atoms with van der Waals surface area (Å²) in [6.07, 6.45) is 4.99.